The van der Waals surface area contributed by atoms with Crippen LogP contribution in [0.3, 0.4) is 0 Å². The number of Topliss-reactive ketones (excluding diaryl/α,β-unsaturated/α-hetero) is 1. The first kappa shape index (κ1) is 11.0. The highest BCUT2D eigenvalue weighted by molar-refractivity contribution is 6.36. The van der Waals surface area contributed by atoms with E-state index in [-0.39, 0.29) is 18.6 Å². The number of nitrogens with zero attached hydrogens (tertiary/aromatic N) is 1. The predicted molar refractivity (Wildman–Crippen MR) is 55.6 cm³/mol. The highest BCUT2D eigenvalue weighted by Crippen LogP contribution is 2.22. The summed E-state index contributed by atoms with van der Waals surface area (Å²) in [5.41, 5.74) is 0.423. The quantitative estimate of drug-likeness (QED) is 0.743. The lowest BCUT2D eigenvalue weighted by molar-refractivity contribution is 0.0984. The van der Waals surface area contributed by atoms with Gasteiger partial charge in [-0.05, 0) is 18.2 Å². The lowest BCUT2D eigenvalue weighted by Gasteiger charge is -2.01. The van der Waals surface area contributed by atoms with Crippen LogP contribution in [0.15, 0.2) is 18.2 Å². The second kappa shape index (κ2) is 4.99. The molecule has 72 valence electrons. The number of halogens is 2. The Labute approximate surface area is 92.1 Å². The molecule has 1 rings (SSSR count). The Morgan fingerprint density at radius 1 is 1.43 bits per heavy atom. The molecule has 0 N–H and O–H groups in total. The number of hydrogen-bond donors (Lipinski definition) is 0. The van der Waals surface area contributed by atoms with Gasteiger partial charge in [-0.2, -0.15) is 5.26 Å². The van der Waals surface area contributed by atoms with Crippen LogP contribution in [0.1, 0.15) is 23.2 Å². The monoisotopic (exact) mass is 227 g/mol. The molecular formula is C10H7Cl2NO. The van der Waals surface area contributed by atoms with Crippen molar-refractivity contribution in [3.8, 4) is 6.07 Å². The van der Waals surface area contributed by atoms with Gasteiger partial charge in [0.25, 0.3) is 0 Å². The minimum absolute atomic E-state index is 0.131. The van der Waals surface area contributed by atoms with E-state index >= 15 is 0 Å². The zero-order valence-electron chi connectivity index (χ0n) is 7.26. The number of carbonyl (C=O) groups is 1. The molecule has 0 bridgehead atoms. The second-order valence-electron chi connectivity index (χ2n) is 2.71. The van der Waals surface area contributed by atoms with Crippen LogP contribution in [0.25, 0.3) is 0 Å². The third-order valence-electron chi connectivity index (χ3n) is 1.70. The Morgan fingerprint density at radius 2 is 2.14 bits per heavy atom. The molecule has 0 atom stereocenters. The van der Waals surface area contributed by atoms with Gasteiger partial charge in [0.15, 0.2) is 5.78 Å². The third-order valence-corrected chi connectivity index (χ3v) is 2.24. The number of benzene rings is 1. The molecule has 2 nitrogen and oxygen atoms in total. The average Bonchev–Trinajstić information content (AvgIpc) is 2.14. The Balaban J connectivity index is 2.86. The van der Waals surface area contributed by atoms with Crippen LogP contribution in [-0.4, -0.2) is 5.78 Å². The summed E-state index contributed by atoms with van der Waals surface area (Å²) < 4.78 is 0. The SMILES string of the molecule is N#CCCC(=O)c1ccc(Cl)cc1Cl. The Bertz CT molecular complexity index is 396. The maximum atomic E-state index is 11.5. The van der Waals surface area contributed by atoms with E-state index < -0.39 is 0 Å². The van der Waals surface area contributed by atoms with Crippen molar-refractivity contribution < 1.29 is 4.79 Å². The summed E-state index contributed by atoms with van der Waals surface area (Å²) in [6, 6.07) is 6.60. The fourth-order valence-electron chi connectivity index (χ4n) is 1.02. The molecular weight excluding hydrogens is 221 g/mol. The lowest BCUT2D eigenvalue weighted by atomic mass is 10.1. The van der Waals surface area contributed by atoms with Gasteiger partial charge >= 0.3 is 0 Å². The van der Waals surface area contributed by atoms with Gasteiger partial charge in [0.2, 0.25) is 0 Å². The zero-order chi connectivity index (χ0) is 10.6. The van der Waals surface area contributed by atoms with E-state index in [4.69, 9.17) is 28.5 Å². The Morgan fingerprint density at radius 3 is 2.71 bits per heavy atom. The van der Waals surface area contributed by atoms with Crippen LogP contribution in [-0.2, 0) is 0 Å². The first-order valence-corrected chi connectivity index (χ1v) is 4.76. The van der Waals surface area contributed by atoms with E-state index in [9.17, 15) is 4.79 Å². The van der Waals surface area contributed by atoms with Gasteiger partial charge in [0.05, 0.1) is 11.1 Å². The van der Waals surface area contributed by atoms with Crippen LogP contribution >= 0.6 is 23.2 Å². The maximum Gasteiger partial charge on any atom is 0.165 e. The molecule has 0 spiro atoms. The molecule has 0 radical (unpaired) electrons. The van der Waals surface area contributed by atoms with Crippen molar-refractivity contribution in [2.75, 3.05) is 0 Å². The lowest BCUT2D eigenvalue weighted by Crippen LogP contribution is -1.99. The first-order chi connectivity index (χ1) is 6.65. The molecule has 1 aromatic carbocycles. The van der Waals surface area contributed by atoms with Crippen molar-refractivity contribution >= 4 is 29.0 Å². The van der Waals surface area contributed by atoms with E-state index in [1.165, 1.54) is 6.07 Å². The molecule has 0 saturated carbocycles. The van der Waals surface area contributed by atoms with E-state index in [2.05, 4.69) is 0 Å². The number of nitriles is 1. The van der Waals surface area contributed by atoms with Gasteiger partial charge in [-0.25, -0.2) is 0 Å². The predicted octanol–water partition coefficient (Wildman–Crippen LogP) is 3.48. The second-order valence-corrected chi connectivity index (χ2v) is 3.55. The highest BCUT2D eigenvalue weighted by atomic mass is 35.5. The van der Waals surface area contributed by atoms with Gasteiger partial charge in [-0.1, -0.05) is 23.2 Å². The van der Waals surface area contributed by atoms with Crippen molar-refractivity contribution in [3.63, 3.8) is 0 Å². The van der Waals surface area contributed by atoms with Crippen LogP contribution in [0.4, 0.5) is 0 Å². The van der Waals surface area contributed by atoms with Crippen LogP contribution in [0, 0.1) is 11.3 Å². The van der Waals surface area contributed by atoms with Crippen molar-refractivity contribution in [1.29, 1.82) is 5.26 Å². The minimum Gasteiger partial charge on any atom is -0.294 e. The molecule has 0 aromatic heterocycles. The first-order valence-electron chi connectivity index (χ1n) is 4.00. The van der Waals surface area contributed by atoms with Crippen molar-refractivity contribution in [2.45, 2.75) is 12.8 Å². The topological polar surface area (TPSA) is 40.9 Å². The van der Waals surface area contributed by atoms with Gasteiger partial charge in [-0.3, -0.25) is 4.79 Å². The largest absolute Gasteiger partial charge is 0.294 e. The van der Waals surface area contributed by atoms with Crippen LogP contribution in [0.5, 0.6) is 0 Å². The smallest absolute Gasteiger partial charge is 0.165 e. The van der Waals surface area contributed by atoms with E-state index in [1.807, 2.05) is 6.07 Å². The molecule has 0 unspecified atom stereocenters. The van der Waals surface area contributed by atoms with Crippen molar-refractivity contribution in [1.82, 2.24) is 0 Å². The Kier molecular flexibility index (Phi) is 3.94. The molecule has 14 heavy (non-hydrogen) atoms. The van der Waals surface area contributed by atoms with Crippen molar-refractivity contribution in [2.24, 2.45) is 0 Å². The summed E-state index contributed by atoms with van der Waals surface area (Å²) in [4.78, 5) is 11.5. The van der Waals surface area contributed by atoms with E-state index in [0.29, 0.717) is 15.6 Å². The van der Waals surface area contributed by atoms with Gasteiger partial charge in [0.1, 0.15) is 0 Å². The molecule has 0 amide bonds. The number of ketones is 1. The average molecular weight is 228 g/mol. The molecule has 0 heterocycles. The summed E-state index contributed by atoms with van der Waals surface area (Å²) >= 11 is 11.5. The number of rotatable bonds is 3. The molecule has 4 heteroatoms. The molecule has 0 fully saturated rings. The molecule has 0 aliphatic heterocycles. The van der Waals surface area contributed by atoms with Crippen LogP contribution in [0.2, 0.25) is 10.0 Å². The summed E-state index contributed by atoms with van der Waals surface area (Å²) in [7, 11) is 0. The third kappa shape index (κ3) is 2.73. The molecule has 0 aliphatic rings. The van der Waals surface area contributed by atoms with Gasteiger partial charge < -0.3 is 0 Å². The fourth-order valence-corrected chi connectivity index (χ4v) is 1.53. The van der Waals surface area contributed by atoms with E-state index in [1.54, 1.807) is 12.1 Å². The molecule has 0 aliphatic carbocycles. The summed E-state index contributed by atoms with van der Waals surface area (Å²) in [5, 5.41) is 9.15. The normalized spacial score (nSPS) is 9.50. The standard InChI is InChI=1S/C10H7Cl2NO/c11-7-3-4-8(9(12)6-7)10(14)2-1-5-13/h3-4,6H,1-2H2. The summed E-state index contributed by atoms with van der Waals surface area (Å²) in [6.07, 6.45) is 0.398. The van der Waals surface area contributed by atoms with E-state index in [0.717, 1.165) is 0 Å². The highest BCUT2D eigenvalue weighted by Gasteiger charge is 2.09. The minimum atomic E-state index is -0.131. The maximum absolute atomic E-state index is 11.5. The number of hydrogen-bond acceptors (Lipinski definition) is 2. The Hall–Kier alpha value is -1.04. The number of carbonyl (C=O) groups excluding carboxylic acids is 1. The molecule has 1 aromatic rings. The zero-order valence-corrected chi connectivity index (χ0v) is 8.77. The summed E-state index contributed by atoms with van der Waals surface area (Å²) in [6.45, 7) is 0. The van der Waals surface area contributed by atoms with Gasteiger partial charge in [-0.15, -0.1) is 0 Å². The molecule has 0 saturated heterocycles. The van der Waals surface area contributed by atoms with Crippen molar-refractivity contribution in [3.05, 3.63) is 33.8 Å². The summed E-state index contributed by atoms with van der Waals surface area (Å²) in [5.74, 6) is -0.131. The van der Waals surface area contributed by atoms with Crippen LogP contribution < -0.4 is 0 Å². The fraction of sp³-hybridized carbons (Fsp3) is 0.200. The van der Waals surface area contributed by atoms with Gasteiger partial charge in [0, 0.05) is 23.4 Å².